The summed E-state index contributed by atoms with van der Waals surface area (Å²) in [4.78, 5) is 20.0. The molecule has 9 heteroatoms. The Morgan fingerprint density at radius 2 is 1.94 bits per heavy atom. The van der Waals surface area contributed by atoms with Gasteiger partial charge in [0.15, 0.2) is 6.10 Å². The number of carboxylic acids is 1. The molecule has 1 saturated carbocycles. The highest BCUT2D eigenvalue weighted by atomic mass is 19.4. The third-order valence-electron chi connectivity index (χ3n) is 6.31. The van der Waals surface area contributed by atoms with Crippen LogP contribution >= 0.6 is 0 Å². The zero-order valence-electron chi connectivity index (χ0n) is 18.4. The summed E-state index contributed by atoms with van der Waals surface area (Å²) < 4.78 is 40.9. The average Bonchev–Trinajstić information content (AvgIpc) is 3.33. The van der Waals surface area contributed by atoms with Gasteiger partial charge in [-0.2, -0.15) is 13.2 Å². The minimum Gasteiger partial charge on any atom is -0.479 e. The molecule has 3 N–H and O–H groups in total. The molecule has 1 aliphatic rings. The van der Waals surface area contributed by atoms with E-state index in [0.29, 0.717) is 18.8 Å². The highest BCUT2D eigenvalue weighted by Gasteiger charge is 2.31. The van der Waals surface area contributed by atoms with Crippen LogP contribution in [0.1, 0.15) is 62.1 Å². The maximum atomic E-state index is 13.0. The number of imidazole rings is 1. The molecule has 3 rings (SSSR count). The Morgan fingerprint density at radius 3 is 2.48 bits per heavy atom. The number of nitrogens with zero attached hydrogens (tertiary/aromatic N) is 2. The van der Waals surface area contributed by atoms with Gasteiger partial charge in [-0.1, -0.05) is 37.5 Å². The van der Waals surface area contributed by atoms with Gasteiger partial charge in [-0.3, -0.25) is 4.84 Å². The predicted octanol–water partition coefficient (Wildman–Crippen LogP) is 5.32. The molecule has 2 aromatic rings. The minimum atomic E-state index is -4.37. The molecule has 6 nitrogen and oxygen atoms in total. The Kier molecular flexibility index (Phi) is 8.68. The standard InChI is InChI=1S/C24H30F3N3O3/c25-24(26,27)19-11-9-17(10-12-19)15-21(30-14-13-29-16-30)20(18-5-2-1-3-6-18)7-4-8-22(33-28)23(31)32/h7,9-14,16,18,21-22H,1-6,8,15,28H2,(H,31,32)/b20-7+. The molecule has 1 aliphatic carbocycles. The second-order valence-corrected chi connectivity index (χ2v) is 8.50. The Bertz CT molecular complexity index is 905. The highest BCUT2D eigenvalue weighted by molar-refractivity contribution is 5.72. The lowest BCUT2D eigenvalue weighted by Gasteiger charge is -2.31. The van der Waals surface area contributed by atoms with E-state index < -0.39 is 23.8 Å². The molecule has 180 valence electrons. The van der Waals surface area contributed by atoms with Gasteiger partial charge in [0.2, 0.25) is 0 Å². The van der Waals surface area contributed by atoms with Crippen molar-refractivity contribution in [3.05, 3.63) is 65.8 Å². The summed E-state index contributed by atoms with van der Waals surface area (Å²) in [6.07, 6.45) is 8.54. The topological polar surface area (TPSA) is 90.4 Å². The van der Waals surface area contributed by atoms with Crippen LogP contribution in [0.3, 0.4) is 0 Å². The van der Waals surface area contributed by atoms with E-state index in [0.717, 1.165) is 49.0 Å². The molecule has 1 aromatic heterocycles. The maximum absolute atomic E-state index is 13.0. The van der Waals surface area contributed by atoms with Crippen LogP contribution in [0.2, 0.25) is 0 Å². The van der Waals surface area contributed by atoms with Crippen LogP contribution in [0.5, 0.6) is 0 Å². The van der Waals surface area contributed by atoms with E-state index in [1.807, 2.05) is 10.8 Å². The van der Waals surface area contributed by atoms with E-state index in [4.69, 9.17) is 5.90 Å². The van der Waals surface area contributed by atoms with E-state index in [9.17, 15) is 23.1 Å². The Balaban J connectivity index is 1.89. The van der Waals surface area contributed by atoms with Gasteiger partial charge in [-0.15, -0.1) is 0 Å². The number of hydrogen-bond acceptors (Lipinski definition) is 4. The molecular formula is C24H30F3N3O3. The minimum absolute atomic E-state index is 0.130. The van der Waals surface area contributed by atoms with Crippen molar-refractivity contribution in [1.29, 1.82) is 0 Å². The number of halogens is 3. The van der Waals surface area contributed by atoms with Gasteiger partial charge in [0.05, 0.1) is 17.9 Å². The normalized spacial score (nSPS) is 17.6. The van der Waals surface area contributed by atoms with Gasteiger partial charge in [-0.05, 0) is 61.3 Å². The SMILES string of the molecule is NOC(CC/C=C(\C1CCCCC1)C(Cc1ccc(C(F)(F)F)cc1)n1ccnc1)C(=O)O. The zero-order valence-corrected chi connectivity index (χ0v) is 18.4. The first kappa shape index (κ1) is 25.0. The van der Waals surface area contributed by atoms with Gasteiger partial charge in [-0.25, -0.2) is 15.7 Å². The first-order valence-electron chi connectivity index (χ1n) is 11.2. The molecule has 1 heterocycles. The van der Waals surface area contributed by atoms with Crippen LogP contribution in [-0.4, -0.2) is 26.7 Å². The number of aromatic nitrogens is 2. The van der Waals surface area contributed by atoms with Gasteiger partial charge in [0, 0.05) is 12.4 Å². The van der Waals surface area contributed by atoms with Gasteiger partial charge >= 0.3 is 12.1 Å². The Hall–Kier alpha value is -2.65. The second-order valence-electron chi connectivity index (χ2n) is 8.50. The van der Waals surface area contributed by atoms with E-state index in [2.05, 4.69) is 15.9 Å². The van der Waals surface area contributed by atoms with Crippen molar-refractivity contribution in [3.63, 3.8) is 0 Å². The molecule has 0 aliphatic heterocycles. The number of hydrogen-bond donors (Lipinski definition) is 2. The summed E-state index contributed by atoms with van der Waals surface area (Å²) >= 11 is 0. The number of carbonyl (C=O) groups is 1. The number of nitrogens with two attached hydrogens (primary N) is 1. The van der Waals surface area contributed by atoms with Crippen molar-refractivity contribution in [2.75, 3.05) is 0 Å². The molecule has 0 bridgehead atoms. The van der Waals surface area contributed by atoms with Crippen molar-refractivity contribution in [2.45, 2.75) is 69.7 Å². The van der Waals surface area contributed by atoms with E-state index in [1.165, 1.54) is 18.6 Å². The summed E-state index contributed by atoms with van der Waals surface area (Å²) in [6, 6.07) is 5.14. The number of allylic oxidation sites excluding steroid dienone is 2. The smallest absolute Gasteiger partial charge is 0.416 e. The fourth-order valence-corrected chi connectivity index (χ4v) is 4.56. The first-order valence-corrected chi connectivity index (χ1v) is 11.2. The summed E-state index contributed by atoms with van der Waals surface area (Å²) in [5, 5.41) is 9.20. The van der Waals surface area contributed by atoms with Crippen molar-refractivity contribution >= 4 is 5.97 Å². The lowest BCUT2D eigenvalue weighted by atomic mass is 9.78. The molecule has 33 heavy (non-hydrogen) atoms. The predicted molar refractivity (Wildman–Crippen MR) is 117 cm³/mol. The molecule has 0 radical (unpaired) electrons. The summed E-state index contributed by atoms with van der Waals surface area (Å²) in [5.41, 5.74) is 1.28. The number of alkyl halides is 3. The first-order chi connectivity index (χ1) is 15.8. The van der Waals surface area contributed by atoms with E-state index >= 15 is 0 Å². The van der Waals surface area contributed by atoms with Crippen molar-refractivity contribution in [3.8, 4) is 0 Å². The summed E-state index contributed by atoms with van der Waals surface area (Å²) in [7, 11) is 0. The molecule has 1 fully saturated rings. The fraction of sp³-hybridized carbons (Fsp3) is 0.500. The Labute approximate surface area is 191 Å². The van der Waals surface area contributed by atoms with Crippen LogP contribution in [0.25, 0.3) is 0 Å². The van der Waals surface area contributed by atoms with Crippen LogP contribution < -0.4 is 5.90 Å². The van der Waals surface area contributed by atoms with Gasteiger partial charge in [0.1, 0.15) is 0 Å². The molecule has 2 unspecified atom stereocenters. The largest absolute Gasteiger partial charge is 0.479 e. The number of carboxylic acid groups (broad SMARTS) is 1. The van der Waals surface area contributed by atoms with Crippen LogP contribution in [0.15, 0.2) is 54.6 Å². The third-order valence-corrected chi connectivity index (χ3v) is 6.31. The van der Waals surface area contributed by atoms with Crippen molar-refractivity contribution in [1.82, 2.24) is 9.55 Å². The summed E-state index contributed by atoms with van der Waals surface area (Å²) in [5.74, 6) is 4.33. The molecule has 1 aromatic carbocycles. The highest BCUT2D eigenvalue weighted by Crippen LogP contribution is 2.38. The van der Waals surface area contributed by atoms with Crippen LogP contribution in [0, 0.1) is 5.92 Å². The molecule has 2 atom stereocenters. The van der Waals surface area contributed by atoms with Crippen molar-refractivity contribution in [2.24, 2.45) is 11.8 Å². The maximum Gasteiger partial charge on any atom is 0.416 e. The summed E-state index contributed by atoms with van der Waals surface area (Å²) in [6.45, 7) is 0. The lowest BCUT2D eigenvalue weighted by Crippen LogP contribution is -2.27. The second kappa shape index (κ2) is 11.5. The monoisotopic (exact) mass is 465 g/mol. The van der Waals surface area contributed by atoms with Gasteiger partial charge < -0.3 is 9.67 Å². The number of benzene rings is 1. The van der Waals surface area contributed by atoms with E-state index in [1.54, 1.807) is 12.5 Å². The third kappa shape index (κ3) is 6.91. The molecule has 0 saturated heterocycles. The Morgan fingerprint density at radius 1 is 1.24 bits per heavy atom. The van der Waals surface area contributed by atoms with Crippen LogP contribution in [0.4, 0.5) is 13.2 Å². The number of aliphatic carboxylic acids is 1. The quantitative estimate of drug-likeness (QED) is 0.366. The average molecular weight is 466 g/mol. The van der Waals surface area contributed by atoms with Crippen molar-refractivity contribution < 1.29 is 27.9 Å². The van der Waals surface area contributed by atoms with E-state index in [-0.39, 0.29) is 12.5 Å². The van der Waals surface area contributed by atoms with Crippen LogP contribution in [-0.2, 0) is 22.2 Å². The zero-order chi connectivity index (χ0) is 23.8. The molecule has 0 spiro atoms. The van der Waals surface area contributed by atoms with Gasteiger partial charge in [0.25, 0.3) is 0 Å². The molecule has 0 amide bonds. The number of rotatable bonds is 10. The lowest BCUT2D eigenvalue weighted by molar-refractivity contribution is -0.151. The molecular weight excluding hydrogens is 435 g/mol. The fourth-order valence-electron chi connectivity index (χ4n) is 4.56.